The summed E-state index contributed by atoms with van der Waals surface area (Å²) in [7, 11) is -1.41. The molecule has 5 heterocycles. The molecule has 11 heteroatoms. The van der Waals surface area contributed by atoms with E-state index in [1.54, 1.807) is 19.5 Å². The number of aryl methyl sites for hydroxylation is 1. The second kappa shape index (κ2) is 10.4. The number of anilines is 2. The first-order valence-electron chi connectivity index (χ1n) is 13.1. The van der Waals surface area contributed by atoms with Gasteiger partial charge in [0.05, 0.1) is 35.8 Å². The number of pyridine rings is 3. The summed E-state index contributed by atoms with van der Waals surface area (Å²) in [6.07, 6.45) is 7.50. The van der Waals surface area contributed by atoms with Crippen molar-refractivity contribution in [2.75, 3.05) is 35.9 Å². The zero-order valence-electron chi connectivity index (χ0n) is 23.2. The van der Waals surface area contributed by atoms with Gasteiger partial charge in [-0.1, -0.05) is 6.92 Å². The van der Waals surface area contributed by atoms with Crippen molar-refractivity contribution in [2.24, 2.45) is 5.92 Å². The van der Waals surface area contributed by atoms with Crippen LogP contribution < -0.4 is 15.0 Å². The maximum atomic E-state index is 11.9. The largest absolute Gasteiger partial charge is 0.496 e. The maximum Gasteiger partial charge on any atom is 0.158 e. The molecule has 39 heavy (non-hydrogen) atoms. The number of methoxy groups -OCH3 is 1. The molecular weight excluding hydrogens is 514 g/mol. The highest BCUT2D eigenvalue weighted by molar-refractivity contribution is 7.90. The van der Waals surface area contributed by atoms with Crippen molar-refractivity contribution in [3.05, 3.63) is 48.5 Å². The Balaban J connectivity index is 1.59. The lowest BCUT2D eigenvalue weighted by Gasteiger charge is -2.48. The Bertz CT molecular complexity index is 1620. The number of rotatable bonds is 9. The van der Waals surface area contributed by atoms with Crippen LogP contribution in [0.1, 0.15) is 32.9 Å². The van der Waals surface area contributed by atoms with Gasteiger partial charge in [-0.2, -0.15) is 5.10 Å². The Morgan fingerprint density at radius 2 is 2.00 bits per heavy atom. The Morgan fingerprint density at radius 3 is 2.69 bits per heavy atom. The summed E-state index contributed by atoms with van der Waals surface area (Å²) in [6.45, 7) is 8.96. The molecule has 1 aliphatic heterocycles. The zero-order valence-corrected chi connectivity index (χ0v) is 24.0. The minimum atomic E-state index is -3.04. The van der Waals surface area contributed by atoms with E-state index in [1.807, 2.05) is 42.1 Å². The van der Waals surface area contributed by atoms with Gasteiger partial charge < -0.3 is 15.0 Å². The number of aromatic nitrogens is 5. The smallest absolute Gasteiger partial charge is 0.158 e. The van der Waals surface area contributed by atoms with E-state index in [1.165, 1.54) is 6.26 Å². The molecule has 0 saturated carbocycles. The molecule has 0 aliphatic carbocycles. The van der Waals surface area contributed by atoms with E-state index < -0.39 is 9.84 Å². The molecule has 10 nitrogen and oxygen atoms in total. The Hall–Kier alpha value is -3.73. The topological polar surface area (TPSA) is 115 Å². The van der Waals surface area contributed by atoms with Crippen molar-refractivity contribution in [3.63, 3.8) is 0 Å². The average molecular weight is 550 g/mol. The number of hydrogen-bond acceptors (Lipinski definition) is 9. The highest BCUT2D eigenvalue weighted by atomic mass is 32.2. The van der Waals surface area contributed by atoms with Crippen molar-refractivity contribution in [2.45, 2.75) is 46.2 Å². The van der Waals surface area contributed by atoms with Crippen LogP contribution in [-0.4, -0.2) is 70.9 Å². The Morgan fingerprint density at radius 1 is 1.21 bits per heavy atom. The number of nitrogens with zero attached hydrogens (tertiary/aromatic N) is 6. The average Bonchev–Trinajstić information content (AvgIpc) is 3.34. The molecule has 1 fully saturated rings. The molecule has 0 bridgehead atoms. The van der Waals surface area contributed by atoms with Gasteiger partial charge in [0.15, 0.2) is 5.82 Å². The second-order valence-corrected chi connectivity index (χ2v) is 12.6. The second-order valence-electron chi connectivity index (χ2n) is 10.4. The molecule has 4 aromatic heterocycles. The predicted octanol–water partition coefficient (Wildman–Crippen LogP) is 4.27. The number of sulfone groups is 1. The van der Waals surface area contributed by atoms with E-state index in [-0.39, 0.29) is 23.8 Å². The highest BCUT2D eigenvalue weighted by Gasteiger charge is 2.38. The van der Waals surface area contributed by atoms with Crippen molar-refractivity contribution < 1.29 is 13.2 Å². The summed E-state index contributed by atoms with van der Waals surface area (Å²) >= 11 is 0. The Kier molecular flexibility index (Phi) is 7.19. The van der Waals surface area contributed by atoms with Gasteiger partial charge in [-0.15, -0.1) is 0 Å². The minimum Gasteiger partial charge on any atom is -0.496 e. The van der Waals surface area contributed by atoms with E-state index in [2.05, 4.69) is 36.0 Å². The number of nitrogens with one attached hydrogen (secondary N) is 1. The molecule has 0 spiro atoms. The lowest BCUT2D eigenvalue weighted by atomic mass is 9.91. The highest BCUT2D eigenvalue weighted by Crippen LogP contribution is 2.35. The fraction of sp³-hybridized carbons (Fsp3) is 0.429. The van der Waals surface area contributed by atoms with Crippen molar-refractivity contribution >= 4 is 32.2 Å². The Labute approximate surface area is 229 Å². The van der Waals surface area contributed by atoms with Gasteiger partial charge in [-0.05, 0) is 39.3 Å². The fourth-order valence-electron chi connectivity index (χ4n) is 5.06. The molecule has 0 aromatic carbocycles. The predicted molar refractivity (Wildman–Crippen MR) is 155 cm³/mol. The van der Waals surface area contributed by atoms with Crippen LogP contribution in [0, 0.1) is 12.8 Å². The van der Waals surface area contributed by atoms with Crippen LogP contribution in [0.15, 0.2) is 42.9 Å². The fourth-order valence-corrected chi connectivity index (χ4v) is 6.23. The molecule has 1 saturated heterocycles. The van der Waals surface area contributed by atoms with Crippen molar-refractivity contribution in [1.29, 1.82) is 0 Å². The summed E-state index contributed by atoms with van der Waals surface area (Å²) in [5.74, 6) is 2.40. The molecule has 0 radical (unpaired) electrons. The minimum absolute atomic E-state index is 0.0943. The van der Waals surface area contributed by atoms with Crippen LogP contribution in [0.2, 0.25) is 0 Å². The van der Waals surface area contributed by atoms with Gasteiger partial charge >= 0.3 is 0 Å². The third-order valence-corrected chi connectivity index (χ3v) is 8.54. The lowest BCUT2D eigenvalue weighted by Crippen LogP contribution is -2.57. The lowest BCUT2D eigenvalue weighted by molar-refractivity contribution is 0.341. The molecule has 1 aliphatic rings. The number of ether oxygens (including phenoxy) is 1. The maximum absolute atomic E-state index is 11.9. The van der Waals surface area contributed by atoms with Crippen molar-refractivity contribution in [3.8, 4) is 22.8 Å². The van der Waals surface area contributed by atoms with Gasteiger partial charge in [-0.3, -0.25) is 9.97 Å². The molecule has 0 amide bonds. The first-order chi connectivity index (χ1) is 18.6. The van der Waals surface area contributed by atoms with Crippen LogP contribution in [0.25, 0.3) is 28.0 Å². The van der Waals surface area contributed by atoms with Gasteiger partial charge in [0.1, 0.15) is 21.4 Å². The van der Waals surface area contributed by atoms with E-state index >= 15 is 0 Å². The molecule has 1 N–H and O–H groups in total. The van der Waals surface area contributed by atoms with Crippen LogP contribution in [0.3, 0.4) is 0 Å². The van der Waals surface area contributed by atoms with Crippen LogP contribution >= 0.6 is 0 Å². The molecule has 206 valence electrons. The van der Waals surface area contributed by atoms with Crippen molar-refractivity contribution in [1.82, 2.24) is 24.7 Å². The third kappa shape index (κ3) is 5.40. The number of hydrogen-bond donors (Lipinski definition) is 1. The molecule has 3 atom stereocenters. The molecule has 0 unspecified atom stereocenters. The summed E-state index contributed by atoms with van der Waals surface area (Å²) in [5.41, 5.74) is 4.22. The van der Waals surface area contributed by atoms with Gasteiger partial charge in [0, 0.05) is 72.1 Å². The standard InChI is InChI=1S/C28H35N7O3S/c1-7-17(2)31-27-10-21(34-15-20(19(34)4)16-39(6,36)37)11-28(33-27)35-25-12-24(32-18(3)22(25)14-30-35)23-13-29-9-8-26(23)38-5/h8-14,17,19-20H,7,15-16H2,1-6H3,(H,31,33)/t17-,19+,20+/m0/s1. The first kappa shape index (κ1) is 26.9. The summed E-state index contributed by atoms with van der Waals surface area (Å²) in [5, 5.41) is 9.14. The summed E-state index contributed by atoms with van der Waals surface area (Å²) in [4.78, 5) is 16.2. The van der Waals surface area contributed by atoms with E-state index in [0.29, 0.717) is 18.1 Å². The monoisotopic (exact) mass is 549 g/mol. The molecule has 4 aromatic rings. The first-order valence-corrected chi connectivity index (χ1v) is 15.2. The van der Waals surface area contributed by atoms with Gasteiger partial charge in [0.2, 0.25) is 0 Å². The van der Waals surface area contributed by atoms with Crippen LogP contribution in [0.4, 0.5) is 11.5 Å². The molecular formula is C28H35N7O3S. The van der Waals surface area contributed by atoms with Gasteiger partial charge in [-0.25, -0.2) is 18.1 Å². The quantitative estimate of drug-likeness (QED) is 0.327. The van der Waals surface area contributed by atoms with Crippen LogP contribution in [-0.2, 0) is 9.84 Å². The van der Waals surface area contributed by atoms with Gasteiger partial charge in [0.25, 0.3) is 0 Å². The zero-order chi connectivity index (χ0) is 27.9. The normalized spacial score (nSPS) is 18.2. The summed E-state index contributed by atoms with van der Waals surface area (Å²) < 4.78 is 31.2. The van der Waals surface area contributed by atoms with E-state index in [9.17, 15) is 8.42 Å². The number of fused-ring (bicyclic) bond motifs is 1. The molecule has 5 rings (SSSR count). The van der Waals surface area contributed by atoms with E-state index in [4.69, 9.17) is 19.8 Å². The van der Waals surface area contributed by atoms with Crippen LogP contribution in [0.5, 0.6) is 5.75 Å². The SMILES string of the molecule is CC[C@H](C)Nc1cc(N2C[C@H](CS(C)(=O)=O)[C@H]2C)cc(-n2ncc3c(C)nc(-c4cnccc4OC)cc32)n1. The van der Waals surface area contributed by atoms with E-state index in [0.717, 1.165) is 45.8 Å². The third-order valence-electron chi connectivity index (χ3n) is 7.51. The summed E-state index contributed by atoms with van der Waals surface area (Å²) in [6, 6.07) is 8.18.